The van der Waals surface area contributed by atoms with Crippen molar-refractivity contribution in [3.63, 3.8) is 0 Å². The molecule has 8 nitrogen and oxygen atoms in total. The maximum atomic E-state index is 11.5. The summed E-state index contributed by atoms with van der Waals surface area (Å²) in [5.41, 5.74) is -1.23. The van der Waals surface area contributed by atoms with Crippen LogP contribution in [-0.2, 0) is 19.1 Å². The van der Waals surface area contributed by atoms with E-state index in [1.807, 2.05) is 0 Å². The van der Waals surface area contributed by atoms with Gasteiger partial charge in [0.05, 0.1) is 7.11 Å². The molecule has 17 heavy (non-hydrogen) atoms. The smallest absolute Gasteiger partial charge is 0.341 e. The minimum absolute atomic E-state index is 0.493. The number of nitrogens with zero attached hydrogens (tertiary/aromatic N) is 1. The zero-order valence-electron chi connectivity index (χ0n) is 8.58. The molecule has 1 aliphatic carbocycles. The average Bonchev–Trinajstić information content (AvgIpc) is 2.26. The molecule has 1 atom stereocenters. The number of ketones is 1. The summed E-state index contributed by atoms with van der Waals surface area (Å²) in [5.74, 6) is -3.87. The normalized spacial score (nSPS) is 19.1. The zero-order chi connectivity index (χ0) is 13.2. The molecule has 0 bridgehead atoms. The fourth-order valence-corrected chi connectivity index (χ4v) is 1.32. The van der Waals surface area contributed by atoms with Gasteiger partial charge in [0, 0.05) is 4.92 Å². The van der Waals surface area contributed by atoms with Crippen molar-refractivity contribution in [3.8, 4) is 0 Å². The van der Waals surface area contributed by atoms with Crippen molar-refractivity contribution in [1.82, 2.24) is 0 Å². The summed E-state index contributed by atoms with van der Waals surface area (Å²) in [6.45, 7) is 0. The summed E-state index contributed by atoms with van der Waals surface area (Å²) in [6, 6.07) is -2.03. The van der Waals surface area contributed by atoms with E-state index in [0.29, 0.717) is 0 Å². The van der Waals surface area contributed by atoms with E-state index in [1.54, 1.807) is 0 Å². The molecule has 1 aliphatic rings. The van der Waals surface area contributed by atoms with E-state index in [1.165, 1.54) is 0 Å². The van der Waals surface area contributed by atoms with Gasteiger partial charge in [0.15, 0.2) is 0 Å². The number of hydrogen-bond donors (Lipinski definition) is 1. The molecule has 0 saturated heterocycles. The van der Waals surface area contributed by atoms with Gasteiger partial charge in [-0.25, -0.2) is 9.59 Å². The lowest BCUT2D eigenvalue weighted by molar-refractivity contribution is -0.496. The summed E-state index contributed by atoms with van der Waals surface area (Å²) in [4.78, 5) is 43.0. The Morgan fingerprint density at radius 2 is 2.06 bits per heavy atom. The summed E-state index contributed by atoms with van der Waals surface area (Å²) in [7, 11) is 1.00. The van der Waals surface area contributed by atoms with Gasteiger partial charge < -0.3 is 9.84 Å². The van der Waals surface area contributed by atoms with Crippen LogP contribution in [0.3, 0.4) is 0 Å². The summed E-state index contributed by atoms with van der Waals surface area (Å²) >= 11 is 0. The number of carboxylic acid groups (broad SMARTS) is 1. The van der Waals surface area contributed by atoms with Crippen LogP contribution in [0.15, 0.2) is 23.3 Å². The van der Waals surface area contributed by atoms with E-state index >= 15 is 0 Å². The minimum Gasteiger partial charge on any atom is -0.478 e. The number of esters is 1. The molecule has 0 saturated carbocycles. The first-order chi connectivity index (χ1) is 7.90. The molecular formula is C9H7NO7. The fourth-order valence-electron chi connectivity index (χ4n) is 1.32. The number of carboxylic acids is 1. The second kappa shape index (κ2) is 4.56. The Morgan fingerprint density at radius 3 is 2.47 bits per heavy atom. The zero-order valence-corrected chi connectivity index (χ0v) is 8.58. The number of carbonyl (C=O) groups is 3. The van der Waals surface area contributed by atoms with E-state index in [2.05, 4.69) is 4.74 Å². The second-order valence-corrected chi connectivity index (χ2v) is 3.05. The third-order valence-electron chi connectivity index (χ3n) is 2.10. The molecule has 0 spiro atoms. The van der Waals surface area contributed by atoms with Gasteiger partial charge in [-0.1, -0.05) is 0 Å². The van der Waals surface area contributed by atoms with Crippen LogP contribution in [0.2, 0.25) is 0 Å². The number of hydrogen-bond acceptors (Lipinski definition) is 6. The topological polar surface area (TPSA) is 124 Å². The van der Waals surface area contributed by atoms with Crippen LogP contribution in [0, 0.1) is 10.1 Å². The molecule has 0 aromatic carbocycles. The third kappa shape index (κ3) is 2.19. The van der Waals surface area contributed by atoms with Crippen molar-refractivity contribution in [2.45, 2.75) is 6.04 Å². The quantitative estimate of drug-likeness (QED) is 0.300. The van der Waals surface area contributed by atoms with Gasteiger partial charge in [-0.05, 0) is 12.2 Å². The van der Waals surface area contributed by atoms with E-state index in [0.717, 1.165) is 19.3 Å². The molecule has 0 amide bonds. The SMILES string of the molecule is COC(=O)C1=CC=C(C(=O)O)C(=O)C1[N+](=O)[O-]. The number of nitro groups is 1. The van der Waals surface area contributed by atoms with Crippen molar-refractivity contribution in [1.29, 1.82) is 0 Å². The van der Waals surface area contributed by atoms with E-state index in [9.17, 15) is 24.5 Å². The van der Waals surface area contributed by atoms with Gasteiger partial charge in [0.1, 0.15) is 11.1 Å². The number of carbonyl (C=O) groups excluding carboxylic acids is 2. The standard InChI is InChI=1S/C9H7NO7/c1-17-9(14)4-2-3-5(8(12)13)7(11)6(4)10(15)16/h2-3,6H,1H3,(H,12,13). The first kappa shape index (κ1) is 12.6. The number of Topliss-reactive ketones (excluding diaryl/α,β-unsaturated/α-hetero) is 1. The second-order valence-electron chi connectivity index (χ2n) is 3.05. The molecule has 1 unspecified atom stereocenters. The molecule has 0 aromatic rings. The molecule has 0 aliphatic heterocycles. The first-order valence-corrected chi connectivity index (χ1v) is 4.31. The number of methoxy groups -OCH3 is 1. The number of rotatable bonds is 3. The molecular weight excluding hydrogens is 234 g/mol. The number of ether oxygens (including phenoxy) is 1. The summed E-state index contributed by atoms with van der Waals surface area (Å²) < 4.78 is 4.27. The first-order valence-electron chi connectivity index (χ1n) is 4.31. The highest BCUT2D eigenvalue weighted by Crippen LogP contribution is 2.19. The number of aliphatic carboxylic acids is 1. The monoisotopic (exact) mass is 241 g/mol. The Labute approximate surface area is 94.3 Å². The van der Waals surface area contributed by atoms with Crippen molar-refractivity contribution >= 4 is 17.7 Å². The largest absolute Gasteiger partial charge is 0.478 e. The van der Waals surface area contributed by atoms with Gasteiger partial charge in [-0.2, -0.15) is 0 Å². The van der Waals surface area contributed by atoms with Crippen LogP contribution in [-0.4, -0.2) is 40.9 Å². The molecule has 0 aromatic heterocycles. The summed E-state index contributed by atoms with van der Waals surface area (Å²) in [6.07, 6.45) is 1.75. The van der Waals surface area contributed by atoms with Crippen LogP contribution >= 0.6 is 0 Å². The highest BCUT2D eigenvalue weighted by molar-refractivity contribution is 6.22. The lowest BCUT2D eigenvalue weighted by Gasteiger charge is -2.14. The molecule has 1 N–H and O–H groups in total. The van der Waals surface area contributed by atoms with Gasteiger partial charge in [-0.15, -0.1) is 0 Å². The maximum Gasteiger partial charge on any atom is 0.341 e. The molecule has 0 fully saturated rings. The molecule has 0 heterocycles. The molecule has 1 rings (SSSR count). The summed E-state index contributed by atoms with van der Waals surface area (Å²) in [5, 5.41) is 19.3. The Kier molecular flexibility index (Phi) is 3.37. The van der Waals surface area contributed by atoms with Gasteiger partial charge in [0.2, 0.25) is 5.78 Å². The van der Waals surface area contributed by atoms with Gasteiger partial charge >= 0.3 is 18.0 Å². The van der Waals surface area contributed by atoms with Crippen LogP contribution in [0.25, 0.3) is 0 Å². The lowest BCUT2D eigenvalue weighted by Crippen LogP contribution is -2.39. The Hall–Kier alpha value is -2.51. The van der Waals surface area contributed by atoms with E-state index in [4.69, 9.17) is 5.11 Å². The molecule has 0 radical (unpaired) electrons. The predicted octanol–water partition coefficient (Wildman–Crippen LogP) is -0.675. The Bertz CT molecular complexity index is 474. The predicted molar refractivity (Wildman–Crippen MR) is 51.6 cm³/mol. The maximum absolute atomic E-state index is 11.5. The average molecular weight is 241 g/mol. The van der Waals surface area contributed by atoms with Gasteiger partial charge in [0.25, 0.3) is 0 Å². The minimum atomic E-state index is -2.03. The van der Waals surface area contributed by atoms with Crippen molar-refractivity contribution < 1.29 is 29.2 Å². The van der Waals surface area contributed by atoms with Crippen molar-refractivity contribution in [3.05, 3.63) is 33.4 Å². The Morgan fingerprint density at radius 1 is 1.47 bits per heavy atom. The number of allylic oxidation sites excluding steroid dienone is 2. The molecule has 8 heteroatoms. The van der Waals surface area contributed by atoms with Crippen LogP contribution in [0.1, 0.15) is 0 Å². The van der Waals surface area contributed by atoms with E-state index in [-0.39, 0.29) is 0 Å². The fraction of sp³-hybridized carbons (Fsp3) is 0.222. The molecule has 90 valence electrons. The van der Waals surface area contributed by atoms with Crippen LogP contribution < -0.4 is 0 Å². The highest BCUT2D eigenvalue weighted by Gasteiger charge is 2.43. The van der Waals surface area contributed by atoms with Crippen molar-refractivity contribution in [2.24, 2.45) is 0 Å². The van der Waals surface area contributed by atoms with Crippen LogP contribution in [0.4, 0.5) is 0 Å². The Balaban J connectivity index is 3.28. The van der Waals surface area contributed by atoms with Crippen molar-refractivity contribution in [2.75, 3.05) is 7.11 Å². The lowest BCUT2D eigenvalue weighted by atomic mass is 9.92. The van der Waals surface area contributed by atoms with Gasteiger partial charge in [-0.3, -0.25) is 14.9 Å². The highest BCUT2D eigenvalue weighted by atomic mass is 16.6. The third-order valence-corrected chi connectivity index (χ3v) is 2.10. The van der Waals surface area contributed by atoms with E-state index < -0.39 is 39.8 Å². The van der Waals surface area contributed by atoms with Crippen LogP contribution in [0.5, 0.6) is 0 Å².